The second-order valence-corrected chi connectivity index (χ2v) is 7.65. The van der Waals surface area contributed by atoms with E-state index in [0.29, 0.717) is 5.69 Å². The van der Waals surface area contributed by atoms with E-state index in [0.717, 1.165) is 33.7 Å². The van der Waals surface area contributed by atoms with E-state index in [1.54, 1.807) is 0 Å². The van der Waals surface area contributed by atoms with E-state index < -0.39 is 34.9 Å². The van der Waals surface area contributed by atoms with E-state index in [4.69, 9.17) is 23.2 Å². The van der Waals surface area contributed by atoms with Crippen molar-refractivity contribution in [2.45, 2.75) is 19.3 Å². The summed E-state index contributed by atoms with van der Waals surface area (Å²) in [6.45, 7) is 1.16. The zero-order chi connectivity index (χ0) is 22.7. The Balaban J connectivity index is 1.95. The molecule has 1 aliphatic rings. The fourth-order valence-corrected chi connectivity index (χ4v) is 4.08. The van der Waals surface area contributed by atoms with E-state index >= 15 is 0 Å². The summed E-state index contributed by atoms with van der Waals surface area (Å²) in [5.74, 6) is -0.546. The van der Waals surface area contributed by atoms with Gasteiger partial charge in [-0.05, 0) is 30.3 Å². The maximum atomic E-state index is 12.9. The summed E-state index contributed by atoms with van der Waals surface area (Å²) < 4.78 is 39.9. The topological polar surface area (TPSA) is 87.2 Å². The maximum Gasteiger partial charge on any atom is 0.416 e. The Morgan fingerprint density at radius 1 is 1.19 bits per heavy atom. The number of aromatic amines is 1. The number of amides is 1. The van der Waals surface area contributed by atoms with Gasteiger partial charge in [-0.25, -0.2) is 0 Å². The number of benzene rings is 2. The summed E-state index contributed by atoms with van der Waals surface area (Å²) in [4.78, 5) is 41.1. The lowest BCUT2D eigenvalue weighted by Crippen LogP contribution is -2.50. The van der Waals surface area contributed by atoms with Gasteiger partial charge in [0.2, 0.25) is 5.91 Å². The van der Waals surface area contributed by atoms with Gasteiger partial charge in [-0.15, -0.1) is 0 Å². The van der Waals surface area contributed by atoms with Crippen molar-refractivity contribution in [2.24, 2.45) is 0 Å². The monoisotopic (exact) mass is 472 g/mol. The van der Waals surface area contributed by atoms with Gasteiger partial charge in [-0.3, -0.25) is 23.9 Å². The number of nitrogens with one attached hydrogen (secondary N) is 2. The van der Waals surface area contributed by atoms with Gasteiger partial charge < -0.3 is 10.3 Å². The second-order valence-electron chi connectivity index (χ2n) is 6.87. The number of hydrogen-bond acceptors (Lipinski definition) is 4. The van der Waals surface area contributed by atoms with Crippen LogP contribution in [0.4, 0.5) is 24.5 Å². The van der Waals surface area contributed by atoms with Crippen LogP contribution < -0.4 is 21.3 Å². The van der Waals surface area contributed by atoms with Crippen molar-refractivity contribution in [3.63, 3.8) is 0 Å². The molecule has 2 N–H and O–H groups in total. The number of anilines is 2. The van der Waals surface area contributed by atoms with Gasteiger partial charge in [0, 0.05) is 12.6 Å². The lowest BCUT2D eigenvalue weighted by atomic mass is 10.1. The highest BCUT2D eigenvalue weighted by Crippen LogP contribution is 2.40. The van der Waals surface area contributed by atoms with Crippen LogP contribution >= 0.6 is 23.2 Å². The molecule has 0 radical (unpaired) electrons. The molecule has 12 heteroatoms. The molecule has 4 rings (SSSR count). The van der Waals surface area contributed by atoms with Gasteiger partial charge in [0.25, 0.3) is 0 Å². The third-order valence-electron chi connectivity index (χ3n) is 4.96. The Labute approximate surface area is 182 Å². The number of halogens is 5. The van der Waals surface area contributed by atoms with Crippen molar-refractivity contribution in [1.82, 2.24) is 9.55 Å². The van der Waals surface area contributed by atoms with Gasteiger partial charge in [-0.2, -0.15) is 13.2 Å². The Morgan fingerprint density at radius 2 is 1.84 bits per heavy atom. The first-order valence-corrected chi connectivity index (χ1v) is 9.63. The average Bonchev–Trinajstić information content (AvgIpc) is 2.69. The molecule has 1 aliphatic heterocycles. The molecule has 1 amide bonds. The van der Waals surface area contributed by atoms with Gasteiger partial charge in [0.15, 0.2) is 0 Å². The lowest BCUT2D eigenvalue weighted by molar-refractivity contribution is -0.137. The lowest BCUT2D eigenvalue weighted by Gasteiger charge is -2.37. The van der Waals surface area contributed by atoms with Gasteiger partial charge >= 0.3 is 17.3 Å². The van der Waals surface area contributed by atoms with E-state index in [1.165, 1.54) is 13.0 Å². The zero-order valence-electron chi connectivity index (χ0n) is 15.7. The zero-order valence-corrected chi connectivity index (χ0v) is 17.2. The molecule has 0 fully saturated rings. The van der Waals surface area contributed by atoms with Crippen molar-refractivity contribution in [2.75, 3.05) is 16.8 Å². The minimum atomic E-state index is -4.54. The highest BCUT2D eigenvalue weighted by atomic mass is 35.5. The quantitative estimate of drug-likeness (QED) is 0.552. The number of hydrogen-bond donors (Lipinski definition) is 2. The van der Waals surface area contributed by atoms with Crippen molar-refractivity contribution in [3.05, 3.63) is 66.6 Å². The first kappa shape index (κ1) is 21.3. The van der Waals surface area contributed by atoms with Crippen molar-refractivity contribution in [1.29, 1.82) is 0 Å². The molecule has 162 valence electrons. The smallest absolute Gasteiger partial charge is 0.378 e. The number of carbonyl (C=O) groups excluding carboxylic acids is 1. The molecule has 2 heterocycles. The van der Waals surface area contributed by atoms with Crippen LogP contribution in [0, 0.1) is 0 Å². The van der Waals surface area contributed by atoms with Crippen molar-refractivity contribution < 1.29 is 18.0 Å². The van der Waals surface area contributed by atoms with Crippen molar-refractivity contribution in [3.8, 4) is 0 Å². The molecule has 0 saturated heterocycles. The van der Waals surface area contributed by atoms with Crippen LogP contribution in [0.1, 0.15) is 18.7 Å². The molecule has 31 heavy (non-hydrogen) atoms. The van der Waals surface area contributed by atoms with Crippen LogP contribution in [0.15, 0.2) is 39.9 Å². The predicted octanol–water partition coefficient (Wildman–Crippen LogP) is 3.99. The molecule has 0 saturated carbocycles. The molecule has 2 aromatic carbocycles. The molecule has 1 atom stereocenters. The van der Waals surface area contributed by atoms with E-state index in [2.05, 4.69) is 10.3 Å². The second kappa shape index (κ2) is 7.31. The SMILES string of the molecule is CC(=O)N(c1ccc(C(F)(F)F)cc1)C1CNc2c(Cl)c(Cl)cc3[nH]c(=O)c(=O)n1c23. The summed E-state index contributed by atoms with van der Waals surface area (Å²) in [7, 11) is 0. The Morgan fingerprint density at radius 3 is 2.42 bits per heavy atom. The Bertz CT molecular complexity index is 1330. The molecular formula is C19H13Cl2F3N4O3. The van der Waals surface area contributed by atoms with Gasteiger partial charge in [0.1, 0.15) is 6.17 Å². The minimum Gasteiger partial charge on any atom is -0.378 e. The van der Waals surface area contributed by atoms with Crippen LogP contribution in [0.5, 0.6) is 0 Å². The van der Waals surface area contributed by atoms with E-state index in [-0.39, 0.29) is 33.3 Å². The molecule has 7 nitrogen and oxygen atoms in total. The molecular weight excluding hydrogens is 460 g/mol. The van der Waals surface area contributed by atoms with Gasteiger partial charge in [-0.1, -0.05) is 23.2 Å². The number of alkyl halides is 3. The first-order chi connectivity index (χ1) is 14.5. The highest BCUT2D eigenvalue weighted by molar-refractivity contribution is 6.45. The number of H-pyrrole nitrogens is 1. The summed E-state index contributed by atoms with van der Waals surface area (Å²) >= 11 is 12.3. The number of nitrogens with zero attached hydrogens (tertiary/aromatic N) is 2. The van der Waals surface area contributed by atoms with E-state index in [9.17, 15) is 27.6 Å². The van der Waals surface area contributed by atoms with Crippen LogP contribution in [0.3, 0.4) is 0 Å². The number of carbonyl (C=O) groups is 1. The Kier molecular flexibility index (Phi) is 5.01. The summed E-state index contributed by atoms with van der Waals surface area (Å²) in [6.07, 6.45) is -5.59. The highest BCUT2D eigenvalue weighted by Gasteiger charge is 2.34. The summed E-state index contributed by atoms with van der Waals surface area (Å²) in [5, 5.41) is 3.26. The molecule has 1 aromatic heterocycles. The maximum absolute atomic E-state index is 12.9. The minimum absolute atomic E-state index is 0.0495. The molecule has 0 aliphatic carbocycles. The normalized spacial score (nSPS) is 15.6. The average molecular weight is 473 g/mol. The van der Waals surface area contributed by atoms with Crippen molar-refractivity contribution >= 4 is 51.5 Å². The van der Waals surface area contributed by atoms with Crippen LogP contribution in [-0.4, -0.2) is 22.0 Å². The fourth-order valence-electron chi connectivity index (χ4n) is 3.66. The van der Waals surface area contributed by atoms with E-state index in [1.807, 2.05) is 0 Å². The van der Waals surface area contributed by atoms with Gasteiger partial charge in [0.05, 0.1) is 38.9 Å². The molecule has 0 spiro atoms. The standard InChI is InChI=1S/C19H13Cl2F3N4O3/c1-8(29)27(10-4-2-9(3-5-10)19(22,23)24)13-7-25-15-14(21)11(20)6-12-16(15)28(13)18(31)17(30)26-12/h2-6,13,25H,7H2,1H3,(H,26,30). The molecule has 3 aromatic rings. The predicted molar refractivity (Wildman–Crippen MR) is 111 cm³/mol. The fraction of sp³-hybridized carbons (Fsp3) is 0.211. The van der Waals surface area contributed by atoms with Crippen LogP contribution in [0.2, 0.25) is 10.0 Å². The summed E-state index contributed by atoms with van der Waals surface area (Å²) in [5.41, 5.74) is -1.93. The van der Waals surface area contributed by atoms with Crippen LogP contribution in [0.25, 0.3) is 11.0 Å². The Hall–Kier alpha value is -2.98. The molecule has 1 unspecified atom stereocenters. The largest absolute Gasteiger partial charge is 0.416 e. The first-order valence-electron chi connectivity index (χ1n) is 8.88. The number of rotatable bonds is 2. The third-order valence-corrected chi connectivity index (χ3v) is 5.75. The van der Waals surface area contributed by atoms with Crippen LogP contribution in [-0.2, 0) is 11.0 Å². The third kappa shape index (κ3) is 3.45. The molecule has 0 bridgehead atoms. The number of aromatic nitrogens is 2. The summed E-state index contributed by atoms with van der Waals surface area (Å²) in [6, 6.07) is 5.30.